The van der Waals surface area contributed by atoms with Gasteiger partial charge in [-0.25, -0.2) is 4.79 Å². The average molecular weight is 544 g/mol. The van der Waals surface area contributed by atoms with Gasteiger partial charge < -0.3 is 40.5 Å². The Morgan fingerprint density at radius 2 is 1.59 bits per heavy atom. The largest absolute Gasteiger partial charge is 0.394 e. The molecule has 2 aliphatic heterocycles. The number of carbonyl (C=O) groups excluding carboxylic acids is 3. The van der Waals surface area contributed by atoms with Crippen molar-refractivity contribution < 1.29 is 44.3 Å². The Kier molecular flexibility index (Phi) is 9.28. The zero-order valence-electron chi connectivity index (χ0n) is 21.2. The molecule has 0 aliphatic carbocycles. The summed E-state index contributed by atoms with van der Waals surface area (Å²) in [7, 11) is 0. The van der Waals surface area contributed by atoms with E-state index >= 15 is 0 Å². The third-order valence-corrected chi connectivity index (χ3v) is 6.86. The van der Waals surface area contributed by atoms with Crippen LogP contribution in [0.1, 0.15) is 24.0 Å². The van der Waals surface area contributed by atoms with Crippen molar-refractivity contribution in [3.05, 3.63) is 71.8 Å². The van der Waals surface area contributed by atoms with Crippen molar-refractivity contribution in [3.8, 4) is 0 Å². The molecule has 5 atom stereocenters. The van der Waals surface area contributed by atoms with Crippen molar-refractivity contribution in [2.45, 2.75) is 49.1 Å². The zero-order valence-corrected chi connectivity index (χ0v) is 21.2. The molecule has 0 bridgehead atoms. The zero-order chi connectivity index (χ0) is 28.0. The summed E-state index contributed by atoms with van der Waals surface area (Å²) in [6.45, 7) is -0.544. The molecule has 2 fully saturated rings. The maximum absolute atomic E-state index is 13.6. The molecular formula is C27H33N3O9. The summed E-state index contributed by atoms with van der Waals surface area (Å²) in [5, 5.41) is 44.3. The van der Waals surface area contributed by atoms with E-state index in [4.69, 9.17) is 9.47 Å². The van der Waals surface area contributed by atoms with E-state index < -0.39 is 54.8 Å². The van der Waals surface area contributed by atoms with Crippen molar-refractivity contribution in [2.75, 3.05) is 26.3 Å². The highest BCUT2D eigenvalue weighted by Gasteiger charge is 2.53. The van der Waals surface area contributed by atoms with E-state index in [-0.39, 0.29) is 38.4 Å². The number of rotatable bonds is 11. The lowest BCUT2D eigenvalue weighted by Gasteiger charge is -2.39. The first-order valence-electron chi connectivity index (χ1n) is 12.7. The van der Waals surface area contributed by atoms with Gasteiger partial charge in [-0.3, -0.25) is 14.5 Å². The van der Waals surface area contributed by atoms with Crippen molar-refractivity contribution in [2.24, 2.45) is 0 Å². The Labute approximate surface area is 225 Å². The second-order valence-electron chi connectivity index (χ2n) is 9.39. The minimum absolute atomic E-state index is 0.0424. The summed E-state index contributed by atoms with van der Waals surface area (Å²) in [5.41, 5.74) is -0.0905. The number of aliphatic hydroxyl groups is 4. The van der Waals surface area contributed by atoms with Crippen molar-refractivity contribution in [1.82, 2.24) is 15.5 Å². The number of hydrogen-bond acceptors (Lipinski definition) is 9. The van der Waals surface area contributed by atoms with Gasteiger partial charge in [-0.2, -0.15) is 0 Å². The smallest absolute Gasteiger partial charge is 0.325 e. The molecule has 2 heterocycles. The van der Waals surface area contributed by atoms with E-state index in [0.717, 1.165) is 4.90 Å². The number of nitrogens with one attached hydrogen (secondary N) is 2. The second kappa shape index (κ2) is 12.6. The van der Waals surface area contributed by atoms with Gasteiger partial charge in [-0.15, -0.1) is 0 Å². The van der Waals surface area contributed by atoms with Crippen LogP contribution in [0.3, 0.4) is 0 Å². The first-order chi connectivity index (χ1) is 18.8. The fourth-order valence-electron chi connectivity index (χ4n) is 4.77. The van der Waals surface area contributed by atoms with Crippen LogP contribution in [0.4, 0.5) is 4.79 Å². The number of benzene rings is 2. The summed E-state index contributed by atoms with van der Waals surface area (Å²) in [6.07, 6.45) is -6.66. The summed E-state index contributed by atoms with van der Waals surface area (Å²) < 4.78 is 10.6. The normalized spacial score (nSPS) is 26.4. The van der Waals surface area contributed by atoms with E-state index in [9.17, 15) is 34.8 Å². The average Bonchev–Trinajstić information content (AvgIpc) is 3.22. The van der Waals surface area contributed by atoms with Gasteiger partial charge >= 0.3 is 6.03 Å². The summed E-state index contributed by atoms with van der Waals surface area (Å²) in [4.78, 5) is 40.0. The van der Waals surface area contributed by atoms with Gasteiger partial charge in [0.2, 0.25) is 5.91 Å². The molecule has 12 heteroatoms. The van der Waals surface area contributed by atoms with Crippen molar-refractivity contribution >= 4 is 17.8 Å². The number of amides is 4. The van der Waals surface area contributed by atoms with Gasteiger partial charge in [0.1, 0.15) is 24.4 Å². The predicted molar refractivity (Wildman–Crippen MR) is 136 cm³/mol. The van der Waals surface area contributed by atoms with Gasteiger partial charge in [0.25, 0.3) is 5.91 Å². The number of urea groups is 1. The first-order valence-corrected chi connectivity index (χ1v) is 12.7. The van der Waals surface area contributed by atoms with Crippen LogP contribution in [-0.4, -0.2) is 100 Å². The molecule has 0 unspecified atom stereocenters. The van der Waals surface area contributed by atoms with E-state index in [1.807, 2.05) is 12.1 Å². The summed E-state index contributed by atoms with van der Waals surface area (Å²) in [5.74, 6) is -0.755. The number of ether oxygens (including phenoxy) is 2. The summed E-state index contributed by atoms with van der Waals surface area (Å²) >= 11 is 0. The number of aliphatic hydroxyl groups excluding tert-OH is 4. The molecule has 2 aromatic rings. The molecule has 4 amide bonds. The van der Waals surface area contributed by atoms with Crippen molar-refractivity contribution in [1.29, 1.82) is 0 Å². The van der Waals surface area contributed by atoms with Crippen LogP contribution in [0.15, 0.2) is 60.7 Å². The SMILES string of the molecule is O=C(CCCN1C(=O)NC(c2ccccc2)(c2ccccc2)C1=O)NCCO[C@@H]1O[C@H](CO)[C@H](O)[C@H](O)[C@H]1O. The predicted octanol–water partition coefficient (Wildman–Crippen LogP) is -0.805. The van der Waals surface area contributed by atoms with Crippen molar-refractivity contribution in [3.63, 3.8) is 0 Å². The fraction of sp³-hybridized carbons (Fsp3) is 0.444. The van der Waals surface area contributed by atoms with Gasteiger partial charge in [0, 0.05) is 19.5 Å². The maximum Gasteiger partial charge on any atom is 0.325 e. The van der Waals surface area contributed by atoms with Crippen LogP contribution < -0.4 is 10.6 Å². The van der Waals surface area contributed by atoms with Gasteiger partial charge in [-0.05, 0) is 17.5 Å². The van der Waals surface area contributed by atoms with Gasteiger partial charge in [0.15, 0.2) is 11.8 Å². The van der Waals surface area contributed by atoms with E-state index in [1.165, 1.54) is 0 Å². The van der Waals surface area contributed by atoms with Crippen LogP contribution in [0.25, 0.3) is 0 Å². The topological polar surface area (TPSA) is 178 Å². The molecular weight excluding hydrogens is 510 g/mol. The molecule has 0 spiro atoms. The van der Waals surface area contributed by atoms with Crippen LogP contribution in [0.2, 0.25) is 0 Å². The quantitative estimate of drug-likeness (QED) is 0.156. The minimum atomic E-state index is -1.55. The Balaban J connectivity index is 1.27. The maximum atomic E-state index is 13.6. The van der Waals surface area contributed by atoms with Crippen LogP contribution in [0.5, 0.6) is 0 Å². The molecule has 210 valence electrons. The third kappa shape index (κ3) is 5.96. The van der Waals surface area contributed by atoms with E-state index in [0.29, 0.717) is 11.1 Å². The Hall–Kier alpha value is -3.39. The monoisotopic (exact) mass is 543 g/mol. The Morgan fingerprint density at radius 1 is 0.974 bits per heavy atom. The summed E-state index contributed by atoms with van der Waals surface area (Å²) in [6, 6.07) is 17.5. The molecule has 12 nitrogen and oxygen atoms in total. The van der Waals surface area contributed by atoms with E-state index in [1.54, 1.807) is 48.5 Å². The highest BCUT2D eigenvalue weighted by Crippen LogP contribution is 2.36. The highest BCUT2D eigenvalue weighted by atomic mass is 16.7. The number of carbonyl (C=O) groups is 3. The van der Waals surface area contributed by atoms with Gasteiger partial charge in [0.05, 0.1) is 13.2 Å². The molecule has 6 N–H and O–H groups in total. The molecule has 2 saturated heterocycles. The molecule has 4 rings (SSSR count). The lowest BCUT2D eigenvalue weighted by Crippen LogP contribution is -2.59. The molecule has 0 radical (unpaired) electrons. The molecule has 39 heavy (non-hydrogen) atoms. The highest BCUT2D eigenvalue weighted by molar-refractivity contribution is 6.09. The third-order valence-electron chi connectivity index (χ3n) is 6.86. The second-order valence-corrected chi connectivity index (χ2v) is 9.39. The number of imide groups is 1. The lowest BCUT2D eigenvalue weighted by molar-refractivity contribution is -0.300. The molecule has 2 aliphatic rings. The molecule has 0 saturated carbocycles. The lowest BCUT2D eigenvalue weighted by atomic mass is 9.82. The Bertz CT molecular complexity index is 1090. The first kappa shape index (κ1) is 28.6. The number of nitrogens with zero attached hydrogens (tertiary/aromatic N) is 1. The van der Waals surface area contributed by atoms with E-state index in [2.05, 4.69) is 10.6 Å². The van der Waals surface area contributed by atoms with Crippen LogP contribution in [-0.2, 0) is 24.6 Å². The standard InChI is InChI=1S/C27H33N3O9/c31-16-19-21(33)22(34)23(35)24(39-19)38-15-13-28-20(32)12-7-14-30-25(36)27(29-26(30)37,17-8-3-1-4-9-17)18-10-5-2-6-11-18/h1-6,8-11,19,21-24,31,33-35H,7,12-16H2,(H,28,32)(H,29,37)/t19-,21+,22+,23-,24-/m1/s1. The van der Waals surface area contributed by atoms with Crippen LogP contribution >= 0.6 is 0 Å². The fourth-order valence-corrected chi connectivity index (χ4v) is 4.77. The molecule has 2 aromatic carbocycles. The van der Waals surface area contributed by atoms with Gasteiger partial charge in [-0.1, -0.05) is 60.7 Å². The van der Waals surface area contributed by atoms with Crippen LogP contribution in [0, 0.1) is 0 Å². The minimum Gasteiger partial charge on any atom is -0.394 e. The molecule has 0 aromatic heterocycles. The number of hydrogen-bond donors (Lipinski definition) is 6. The Morgan fingerprint density at radius 3 is 2.18 bits per heavy atom.